The molecule has 16 heteroatoms. The SMILES string of the molecule is CC1(N)CCN(C[C@H]2O[C@@H]3OC(C)(C)O[C@@H]3[C@H]3OC(C)(C)O[C@H]32)CC1.CC1(NC(=O)OCc2ccccc2)CCN(C[C@H]2O[C@@H]3OC(C)(C)O[C@@H]3[C@H]3OC(C)(C)O[C@H]32)CC1. The van der Waals surface area contributed by atoms with E-state index in [4.69, 9.17) is 57.8 Å². The molecule has 1 aromatic rings. The van der Waals surface area contributed by atoms with Gasteiger partial charge in [0.15, 0.2) is 35.7 Å². The highest BCUT2D eigenvalue weighted by Gasteiger charge is 2.62. The molecule has 1 amide bonds. The topological polar surface area (TPSA) is 163 Å². The first-order valence-corrected chi connectivity index (χ1v) is 22.0. The summed E-state index contributed by atoms with van der Waals surface area (Å²) >= 11 is 0. The lowest BCUT2D eigenvalue weighted by molar-refractivity contribution is -0.237. The van der Waals surface area contributed by atoms with Crippen LogP contribution in [0.5, 0.6) is 0 Å². The van der Waals surface area contributed by atoms with Gasteiger partial charge in [-0.05, 0) is 114 Å². The Bertz CT molecular complexity index is 1640. The summed E-state index contributed by atoms with van der Waals surface area (Å²) in [6.45, 7) is 24.9. The molecule has 0 aromatic heterocycles. The predicted molar refractivity (Wildman–Crippen MR) is 217 cm³/mol. The number of amides is 1. The average Bonchev–Trinajstić information content (AvgIpc) is 3.87. The van der Waals surface area contributed by atoms with Crippen LogP contribution in [-0.4, -0.2) is 151 Å². The lowest BCUT2D eigenvalue weighted by atomic mass is 9.89. The van der Waals surface area contributed by atoms with E-state index in [0.717, 1.165) is 64.0 Å². The van der Waals surface area contributed by atoms with E-state index in [1.54, 1.807) is 0 Å². The number of carbonyl (C=O) groups excluding carboxylic acids is 1. The van der Waals surface area contributed by atoms with E-state index >= 15 is 0 Å². The van der Waals surface area contributed by atoms with Gasteiger partial charge >= 0.3 is 6.09 Å². The summed E-state index contributed by atoms with van der Waals surface area (Å²) in [6.07, 6.45) is 0.662. The zero-order chi connectivity index (χ0) is 42.9. The minimum atomic E-state index is -0.724. The van der Waals surface area contributed by atoms with Gasteiger partial charge in [0.2, 0.25) is 0 Å². The molecular formula is C44H70N4O12. The van der Waals surface area contributed by atoms with E-state index in [2.05, 4.69) is 29.0 Å². The predicted octanol–water partition coefficient (Wildman–Crippen LogP) is 4.36. The maximum absolute atomic E-state index is 12.4. The summed E-state index contributed by atoms with van der Waals surface area (Å²) in [7, 11) is 0. The van der Waals surface area contributed by atoms with E-state index in [0.29, 0.717) is 6.54 Å². The third-order valence-electron chi connectivity index (χ3n) is 13.0. The normalized spacial score (nSPS) is 39.3. The van der Waals surface area contributed by atoms with Crippen LogP contribution in [0.2, 0.25) is 0 Å². The fraction of sp³-hybridized carbons (Fsp3) is 0.841. The number of nitrogens with one attached hydrogen (secondary N) is 1. The van der Waals surface area contributed by atoms with Crippen molar-refractivity contribution in [3.63, 3.8) is 0 Å². The molecule has 3 N–H and O–H groups in total. The molecule has 60 heavy (non-hydrogen) atoms. The lowest BCUT2D eigenvalue weighted by Crippen LogP contribution is -2.59. The van der Waals surface area contributed by atoms with Crippen molar-refractivity contribution in [1.82, 2.24) is 15.1 Å². The van der Waals surface area contributed by atoms with Crippen LogP contribution in [0.3, 0.4) is 0 Å². The molecule has 8 aliphatic heterocycles. The van der Waals surface area contributed by atoms with Gasteiger partial charge in [-0.15, -0.1) is 0 Å². The average molecular weight is 847 g/mol. The van der Waals surface area contributed by atoms with E-state index in [1.165, 1.54) is 0 Å². The zero-order valence-corrected chi connectivity index (χ0v) is 37.3. The monoisotopic (exact) mass is 846 g/mol. The van der Waals surface area contributed by atoms with Crippen LogP contribution >= 0.6 is 0 Å². The van der Waals surface area contributed by atoms with Gasteiger partial charge in [-0.3, -0.25) is 0 Å². The molecule has 1 aromatic carbocycles. The van der Waals surface area contributed by atoms with Crippen molar-refractivity contribution >= 4 is 6.09 Å². The Kier molecular flexibility index (Phi) is 12.3. The standard InChI is InChI=1S/C26H38N2O7.C18H32N2O5/c1-24(2)32-19-18(31-22-21(20(19)33-24)34-25(3,4)35-22)15-28-13-11-26(5,12-14-28)27-23(29)30-16-17-9-7-6-8-10-17;1-16(2)22-12-11(10-20-8-6-18(5,19)7-9-20)21-15-14(13(12)23-16)24-17(3,4)25-15/h6-10,18-22H,11-16H2,1-5H3,(H,27,29);11-15H,6-10,19H2,1-5H3/t18-,19+,20+,21-,22-;11-,12+,13+,14-,15-/m11/s1. The minimum absolute atomic E-state index is 0.0566. The van der Waals surface area contributed by atoms with Crippen molar-refractivity contribution in [2.24, 2.45) is 5.73 Å². The fourth-order valence-corrected chi connectivity index (χ4v) is 9.80. The molecule has 8 saturated heterocycles. The Morgan fingerprint density at radius 2 is 1.00 bits per heavy atom. The molecule has 0 unspecified atom stereocenters. The molecular weight excluding hydrogens is 776 g/mol. The molecule has 0 bridgehead atoms. The number of rotatable bonds is 7. The first kappa shape index (κ1) is 44.6. The van der Waals surface area contributed by atoms with Gasteiger partial charge in [0.1, 0.15) is 55.4 Å². The zero-order valence-electron chi connectivity index (χ0n) is 37.3. The van der Waals surface area contributed by atoms with Crippen LogP contribution in [0.25, 0.3) is 0 Å². The molecule has 16 nitrogen and oxygen atoms in total. The van der Waals surface area contributed by atoms with Crippen molar-refractivity contribution in [3.8, 4) is 0 Å². The van der Waals surface area contributed by atoms with Crippen molar-refractivity contribution in [1.29, 1.82) is 0 Å². The highest BCUT2D eigenvalue weighted by atomic mass is 16.9. The highest BCUT2D eigenvalue weighted by Crippen LogP contribution is 2.46. The summed E-state index contributed by atoms with van der Waals surface area (Å²) in [4.78, 5) is 17.2. The molecule has 338 valence electrons. The highest BCUT2D eigenvalue weighted by molar-refractivity contribution is 5.68. The van der Waals surface area contributed by atoms with E-state index in [9.17, 15) is 4.79 Å². The Morgan fingerprint density at radius 3 is 1.47 bits per heavy atom. The number of nitrogens with zero attached hydrogens (tertiary/aromatic N) is 2. The molecule has 0 radical (unpaired) electrons. The third-order valence-corrected chi connectivity index (χ3v) is 13.0. The van der Waals surface area contributed by atoms with Crippen LogP contribution in [0.15, 0.2) is 30.3 Å². The van der Waals surface area contributed by atoms with Crippen LogP contribution in [0.1, 0.15) is 100 Å². The number of fused-ring (bicyclic) bond motifs is 6. The van der Waals surface area contributed by atoms with Crippen molar-refractivity contribution < 1.29 is 56.9 Å². The Hall–Kier alpha value is -2.03. The minimum Gasteiger partial charge on any atom is -0.445 e. The van der Waals surface area contributed by atoms with E-state index in [1.807, 2.05) is 85.7 Å². The number of hydrogen-bond acceptors (Lipinski definition) is 15. The number of piperidine rings is 2. The van der Waals surface area contributed by atoms with Gasteiger partial charge in [-0.25, -0.2) is 4.79 Å². The molecule has 8 aliphatic rings. The largest absolute Gasteiger partial charge is 0.445 e. The number of ether oxygens (including phenoxy) is 11. The van der Waals surface area contributed by atoms with Crippen molar-refractivity contribution in [2.45, 2.75) is 197 Å². The number of hydrogen-bond donors (Lipinski definition) is 2. The van der Waals surface area contributed by atoms with Gasteiger partial charge in [0, 0.05) is 37.3 Å². The maximum Gasteiger partial charge on any atom is 0.407 e. The Labute approximate surface area is 355 Å². The summed E-state index contributed by atoms with van der Waals surface area (Å²) in [5.74, 6) is -2.73. The number of benzene rings is 1. The van der Waals surface area contributed by atoms with Gasteiger partial charge in [0.25, 0.3) is 0 Å². The maximum atomic E-state index is 12.4. The summed E-state index contributed by atoms with van der Waals surface area (Å²) in [5.41, 5.74) is 6.86. The smallest absolute Gasteiger partial charge is 0.407 e. The van der Waals surface area contributed by atoms with Crippen LogP contribution < -0.4 is 11.1 Å². The molecule has 9 rings (SSSR count). The van der Waals surface area contributed by atoms with Crippen LogP contribution in [0, 0.1) is 0 Å². The molecule has 0 spiro atoms. The van der Waals surface area contributed by atoms with Crippen LogP contribution in [-0.2, 0) is 58.7 Å². The first-order valence-electron chi connectivity index (χ1n) is 22.0. The fourth-order valence-electron chi connectivity index (χ4n) is 9.80. The van der Waals surface area contributed by atoms with Crippen LogP contribution in [0.4, 0.5) is 4.79 Å². The van der Waals surface area contributed by atoms with Gasteiger partial charge in [-0.1, -0.05) is 30.3 Å². The molecule has 0 saturated carbocycles. The summed E-state index contributed by atoms with van der Waals surface area (Å²) in [5, 5.41) is 3.08. The van der Waals surface area contributed by atoms with Crippen molar-refractivity contribution in [2.75, 3.05) is 39.3 Å². The molecule has 10 atom stereocenters. The number of likely N-dealkylation sites (tertiary alicyclic amines) is 2. The second-order valence-corrected chi connectivity index (χ2v) is 20.4. The van der Waals surface area contributed by atoms with E-state index < -0.39 is 35.7 Å². The molecule has 8 fully saturated rings. The lowest BCUT2D eigenvalue weighted by Gasteiger charge is -2.43. The number of alkyl carbamates (subject to hydrolysis) is 1. The molecule has 8 heterocycles. The van der Waals surface area contributed by atoms with Gasteiger partial charge in [0.05, 0.1) is 0 Å². The first-order chi connectivity index (χ1) is 28.0. The number of nitrogens with two attached hydrogens (primary N) is 1. The Balaban J connectivity index is 0.000000176. The second kappa shape index (κ2) is 16.5. The van der Waals surface area contributed by atoms with Gasteiger partial charge < -0.3 is 73.0 Å². The molecule has 0 aliphatic carbocycles. The second-order valence-electron chi connectivity index (χ2n) is 20.4. The van der Waals surface area contributed by atoms with E-state index in [-0.39, 0.29) is 72.6 Å². The number of carbonyl (C=O) groups is 1. The summed E-state index contributed by atoms with van der Waals surface area (Å²) < 4.78 is 67.0. The van der Waals surface area contributed by atoms with Gasteiger partial charge in [-0.2, -0.15) is 0 Å². The Morgan fingerprint density at radius 1 is 0.600 bits per heavy atom. The van der Waals surface area contributed by atoms with Crippen molar-refractivity contribution in [3.05, 3.63) is 35.9 Å². The summed E-state index contributed by atoms with van der Waals surface area (Å²) in [6, 6.07) is 9.69. The third kappa shape index (κ3) is 10.3. The quantitative estimate of drug-likeness (QED) is 0.398.